The van der Waals surface area contributed by atoms with Crippen molar-refractivity contribution < 1.29 is 23.5 Å². The molecule has 28 heavy (non-hydrogen) atoms. The number of benzene rings is 2. The quantitative estimate of drug-likeness (QED) is 0.794. The Bertz CT molecular complexity index is 854. The first-order valence-electron chi connectivity index (χ1n) is 9.05. The molecule has 0 radical (unpaired) electrons. The number of rotatable bonds is 7. The minimum absolute atomic E-state index is 0.00546. The first kappa shape index (κ1) is 19.7. The van der Waals surface area contributed by atoms with Gasteiger partial charge in [-0.05, 0) is 36.2 Å². The Kier molecular flexibility index (Phi) is 6.13. The zero-order chi connectivity index (χ0) is 20.1. The van der Waals surface area contributed by atoms with Crippen molar-refractivity contribution >= 4 is 11.8 Å². The van der Waals surface area contributed by atoms with Crippen LogP contribution in [0.15, 0.2) is 42.5 Å². The van der Waals surface area contributed by atoms with Gasteiger partial charge in [0.25, 0.3) is 5.91 Å². The third-order valence-electron chi connectivity index (χ3n) is 4.79. The number of methoxy groups -OCH3 is 2. The van der Waals surface area contributed by atoms with Crippen LogP contribution in [-0.2, 0) is 11.2 Å². The molecule has 2 aromatic carbocycles. The van der Waals surface area contributed by atoms with Crippen molar-refractivity contribution in [3.05, 3.63) is 59.4 Å². The highest BCUT2D eigenvalue weighted by Crippen LogP contribution is 2.25. The number of carbonyl (C=O) groups excluding carboxylic acids is 2. The summed E-state index contributed by atoms with van der Waals surface area (Å²) in [6, 6.07) is 10.9. The van der Waals surface area contributed by atoms with E-state index in [0.29, 0.717) is 36.6 Å². The highest BCUT2D eigenvalue weighted by atomic mass is 19.1. The lowest BCUT2D eigenvalue weighted by atomic mass is 10.1. The molecule has 0 bridgehead atoms. The van der Waals surface area contributed by atoms with E-state index in [4.69, 9.17) is 9.47 Å². The largest absolute Gasteiger partial charge is 0.497 e. The lowest BCUT2D eigenvalue weighted by Gasteiger charge is -2.18. The number of carbonyl (C=O) groups is 2. The molecule has 0 aromatic heterocycles. The molecule has 0 unspecified atom stereocenters. The maximum absolute atomic E-state index is 13.0. The van der Waals surface area contributed by atoms with Crippen molar-refractivity contribution in [3.8, 4) is 11.5 Å². The van der Waals surface area contributed by atoms with Gasteiger partial charge in [-0.15, -0.1) is 0 Å². The van der Waals surface area contributed by atoms with Crippen LogP contribution < -0.4 is 14.8 Å². The lowest BCUT2D eigenvalue weighted by Crippen LogP contribution is -2.37. The topological polar surface area (TPSA) is 67.9 Å². The molecule has 0 aliphatic carbocycles. The Labute approximate surface area is 163 Å². The molecule has 1 N–H and O–H groups in total. The van der Waals surface area contributed by atoms with Gasteiger partial charge in [-0.25, -0.2) is 4.39 Å². The summed E-state index contributed by atoms with van der Waals surface area (Å²) in [6.45, 7) is 0.979. The van der Waals surface area contributed by atoms with Gasteiger partial charge in [0, 0.05) is 25.6 Å². The number of amides is 2. The second-order valence-corrected chi connectivity index (χ2v) is 6.66. The predicted molar refractivity (Wildman–Crippen MR) is 102 cm³/mol. The van der Waals surface area contributed by atoms with Crippen molar-refractivity contribution in [1.82, 2.24) is 10.2 Å². The smallest absolute Gasteiger partial charge is 0.255 e. The maximum Gasteiger partial charge on any atom is 0.255 e. The number of ether oxygens (including phenoxy) is 2. The zero-order valence-corrected chi connectivity index (χ0v) is 15.9. The third-order valence-corrected chi connectivity index (χ3v) is 4.79. The van der Waals surface area contributed by atoms with E-state index in [1.807, 2.05) is 0 Å². The summed E-state index contributed by atoms with van der Waals surface area (Å²) in [5.74, 6) is 0.426. The van der Waals surface area contributed by atoms with E-state index in [2.05, 4.69) is 5.32 Å². The summed E-state index contributed by atoms with van der Waals surface area (Å²) >= 11 is 0. The van der Waals surface area contributed by atoms with Crippen LogP contribution in [0.4, 0.5) is 4.39 Å². The van der Waals surface area contributed by atoms with Crippen LogP contribution in [0.5, 0.6) is 11.5 Å². The van der Waals surface area contributed by atoms with E-state index in [9.17, 15) is 14.0 Å². The molecule has 7 heteroatoms. The van der Waals surface area contributed by atoms with Gasteiger partial charge in [0.15, 0.2) is 0 Å². The first-order valence-corrected chi connectivity index (χ1v) is 9.05. The van der Waals surface area contributed by atoms with Gasteiger partial charge in [0.2, 0.25) is 5.91 Å². The summed E-state index contributed by atoms with van der Waals surface area (Å²) < 4.78 is 23.4. The molecule has 148 valence electrons. The summed E-state index contributed by atoms with van der Waals surface area (Å²) in [5, 5.41) is 2.90. The van der Waals surface area contributed by atoms with E-state index in [1.165, 1.54) is 19.2 Å². The van der Waals surface area contributed by atoms with Crippen molar-refractivity contribution in [2.45, 2.75) is 18.9 Å². The van der Waals surface area contributed by atoms with Crippen LogP contribution in [0.25, 0.3) is 0 Å². The van der Waals surface area contributed by atoms with Gasteiger partial charge < -0.3 is 19.7 Å². The first-order chi connectivity index (χ1) is 13.5. The van der Waals surface area contributed by atoms with Crippen LogP contribution in [0, 0.1) is 5.82 Å². The Hall–Kier alpha value is -3.09. The summed E-state index contributed by atoms with van der Waals surface area (Å²) in [7, 11) is 3.03. The summed E-state index contributed by atoms with van der Waals surface area (Å²) in [5.41, 5.74) is 1.35. The highest BCUT2D eigenvalue weighted by Gasteiger charge is 2.31. The fourth-order valence-corrected chi connectivity index (χ4v) is 3.25. The number of nitrogens with one attached hydrogen (secondary N) is 1. The number of halogens is 1. The SMILES string of the molecule is COc1ccc(C(=O)N[C@@H]2CC(=O)N(CCc3ccc(F)cc3)C2)c(OC)c1. The normalized spacial score (nSPS) is 16.2. The number of hydrogen-bond donors (Lipinski definition) is 1. The second kappa shape index (κ2) is 8.73. The Morgan fingerprint density at radius 1 is 1.18 bits per heavy atom. The molecule has 0 saturated carbocycles. The molecule has 2 aromatic rings. The molecular formula is C21H23FN2O4. The standard InChI is InChI=1S/C21H23FN2O4/c1-27-17-7-8-18(19(12-17)28-2)21(26)23-16-11-20(25)24(13-16)10-9-14-3-5-15(22)6-4-14/h3-8,12,16H,9-11,13H2,1-2H3,(H,23,26)/t16-/m1/s1. The number of likely N-dealkylation sites (tertiary alicyclic amines) is 1. The average Bonchev–Trinajstić information content (AvgIpc) is 3.05. The predicted octanol–water partition coefficient (Wildman–Crippen LogP) is 2.42. The van der Waals surface area contributed by atoms with E-state index >= 15 is 0 Å². The van der Waals surface area contributed by atoms with Crippen LogP contribution in [0.2, 0.25) is 0 Å². The lowest BCUT2D eigenvalue weighted by molar-refractivity contribution is -0.127. The third kappa shape index (κ3) is 4.60. The van der Waals surface area contributed by atoms with Crippen molar-refractivity contribution in [2.75, 3.05) is 27.3 Å². The molecule has 1 aliphatic rings. The van der Waals surface area contributed by atoms with E-state index < -0.39 is 0 Å². The fraction of sp³-hybridized carbons (Fsp3) is 0.333. The van der Waals surface area contributed by atoms with Crippen LogP contribution in [0.3, 0.4) is 0 Å². The van der Waals surface area contributed by atoms with Gasteiger partial charge in [-0.3, -0.25) is 9.59 Å². The van der Waals surface area contributed by atoms with Gasteiger partial charge in [-0.2, -0.15) is 0 Å². The van der Waals surface area contributed by atoms with Crippen LogP contribution >= 0.6 is 0 Å². The second-order valence-electron chi connectivity index (χ2n) is 6.66. The van der Waals surface area contributed by atoms with Gasteiger partial charge in [0.05, 0.1) is 25.8 Å². The van der Waals surface area contributed by atoms with E-state index in [1.54, 1.807) is 42.3 Å². The molecule has 6 nitrogen and oxygen atoms in total. The Balaban J connectivity index is 1.57. The minimum atomic E-state index is -0.294. The van der Waals surface area contributed by atoms with Crippen molar-refractivity contribution in [2.24, 2.45) is 0 Å². The Morgan fingerprint density at radius 3 is 2.61 bits per heavy atom. The average molecular weight is 386 g/mol. The molecule has 3 rings (SSSR count). The van der Waals surface area contributed by atoms with Gasteiger partial charge in [0.1, 0.15) is 17.3 Å². The maximum atomic E-state index is 13.0. The summed E-state index contributed by atoms with van der Waals surface area (Å²) in [6.07, 6.45) is 0.895. The van der Waals surface area contributed by atoms with Gasteiger partial charge >= 0.3 is 0 Å². The minimum Gasteiger partial charge on any atom is -0.497 e. The fourth-order valence-electron chi connectivity index (χ4n) is 3.25. The van der Waals surface area contributed by atoms with E-state index in [0.717, 1.165) is 5.56 Å². The van der Waals surface area contributed by atoms with E-state index in [-0.39, 0.29) is 30.1 Å². The van der Waals surface area contributed by atoms with Crippen molar-refractivity contribution in [1.29, 1.82) is 0 Å². The Morgan fingerprint density at radius 2 is 1.93 bits per heavy atom. The molecular weight excluding hydrogens is 363 g/mol. The highest BCUT2D eigenvalue weighted by molar-refractivity contribution is 5.97. The monoisotopic (exact) mass is 386 g/mol. The molecule has 1 aliphatic heterocycles. The van der Waals surface area contributed by atoms with Crippen LogP contribution in [-0.4, -0.2) is 50.1 Å². The molecule has 1 heterocycles. The van der Waals surface area contributed by atoms with Crippen molar-refractivity contribution in [3.63, 3.8) is 0 Å². The van der Waals surface area contributed by atoms with Gasteiger partial charge in [-0.1, -0.05) is 12.1 Å². The number of nitrogens with zero attached hydrogens (tertiary/aromatic N) is 1. The summed E-state index contributed by atoms with van der Waals surface area (Å²) in [4.78, 5) is 26.6. The molecule has 1 fully saturated rings. The zero-order valence-electron chi connectivity index (χ0n) is 15.9. The molecule has 2 amide bonds. The number of hydrogen-bond acceptors (Lipinski definition) is 4. The molecule has 1 atom stereocenters. The van der Waals surface area contributed by atoms with Crippen LogP contribution in [0.1, 0.15) is 22.3 Å². The molecule has 0 spiro atoms. The molecule has 1 saturated heterocycles.